The second kappa shape index (κ2) is 6.07. The molecule has 0 atom stereocenters. The molecule has 1 heterocycles. The van der Waals surface area contributed by atoms with Gasteiger partial charge in [-0.3, -0.25) is 0 Å². The Labute approximate surface area is 120 Å². The molecule has 1 aromatic rings. The Kier molecular flexibility index (Phi) is 4.58. The summed E-state index contributed by atoms with van der Waals surface area (Å²) in [4.78, 5) is 9.94. The van der Waals surface area contributed by atoms with Crippen molar-refractivity contribution in [1.29, 1.82) is 0 Å². The van der Waals surface area contributed by atoms with Crippen molar-refractivity contribution in [2.24, 2.45) is 5.92 Å². The van der Waals surface area contributed by atoms with Crippen molar-refractivity contribution in [2.45, 2.75) is 17.7 Å². The van der Waals surface area contributed by atoms with Gasteiger partial charge in [0, 0.05) is 13.2 Å². The third-order valence-corrected chi connectivity index (χ3v) is 5.25. The minimum atomic E-state index is -4.10. The zero-order valence-corrected chi connectivity index (χ0v) is 11.8. The fourth-order valence-corrected chi connectivity index (χ4v) is 4.04. The van der Waals surface area contributed by atoms with Crippen molar-refractivity contribution >= 4 is 15.8 Å². The van der Waals surface area contributed by atoms with E-state index in [-0.39, 0.29) is 11.7 Å². The molecule has 1 saturated heterocycles. The molecule has 0 unspecified atom stereocenters. The van der Waals surface area contributed by atoms with Crippen molar-refractivity contribution in [3.63, 3.8) is 0 Å². The summed E-state index contributed by atoms with van der Waals surface area (Å²) < 4.78 is 56.6. The fraction of sp³-hybridized carbons (Fsp3) is 0.462. The van der Waals surface area contributed by atoms with Crippen molar-refractivity contribution in [1.82, 2.24) is 0 Å². The third-order valence-electron chi connectivity index (χ3n) is 3.37. The van der Waals surface area contributed by atoms with Crippen LogP contribution in [0, 0.1) is 17.6 Å². The van der Waals surface area contributed by atoms with E-state index in [0.29, 0.717) is 38.2 Å². The maximum atomic E-state index is 13.7. The summed E-state index contributed by atoms with van der Waals surface area (Å²) in [6, 6.07) is 1.13. The van der Waals surface area contributed by atoms with Gasteiger partial charge in [-0.25, -0.2) is 22.0 Å². The summed E-state index contributed by atoms with van der Waals surface area (Å²) in [6.45, 7) is 0.846. The first-order valence-electron chi connectivity index (χ1n) is 6.34. The standard InChI is InChI=1S/C13H14F2O5S/c14-10-5-9(13(16)17)6-11(12(10)15)21(18,19)7-8-1-3-20-4-2-8/h5-6,8H,1-4,7H2,(H,16,17). The van der Waals surface area contributed by atoms with Gasteiger partial charge in [0.05, 0.1) is 11.3 Å². The normalized spacial score (nSPS) is 16.9. The largest absolute Gasteiger partial charge is 0.478 e. The molecule has 1 aliphatic heterocycles. The minimum absolute atomic E-state index is 0.209. The summed E-state index contributed by atoms with van der Waals surface area (Å²) in [5.74, 6) is -5.10. The average Bonchev–Trinajstić information content (AvgIpc) is 2.41. The fourth-order valence-electron chi connectivity index (χ4n) is 2.23. The Bertz CT molecular complexity index is 651. The number of rotatable bonds is 4. The molecule has 0 saturated carbocycles. The van der Waals surface area contributed by atoms with Gasteiger partial charge >= 0.3 is 5.97 Å². The van der Waals surface area contributed by atoms with Crippen molar-refractivity contribution < 1.29 is 31.8 Å². The van der Waals surface area contributed by atoms with Crippen LogP contribution in [0.4, 0.5) is 8.78 Å². The van der Waals surface area contributed by atoms with Crippen LogP contribution >= 0.6 is 0 Å². The zero-order chi connectivity index (χ0) is 15.6. The van der Waals surface area contributed by atoms with Crippen LogP contribution < -0.4 is 0 Å². The molecule has 0 radical (unpaired) electrons. The summed E-state index contributed by atoms with van der Waals surface area (Å²) in [7, 11) is -4.10. The second-order valence-corrected chi connectivity index (χ2v) is 6.92. The quantitative estimate of drug-likeness (QED) is 0.916. The number of hydrogen-bond acceptors (Lipinski definition) is 4. The molecule has 116 valence electrons. The zero-order valence-electron chi connectivity index (χ0n) is 11.0. The number of ether oxygens (including phenoxy) is 1. The van der Waals surface area contributed by atoms with E-state index in [0.717, 1.165) is 0 Å². The van der Waals surface area contributed by atoms with Crippen molar-refractivity contribution in [3.8, 4) is 0 Å². The van der Waals surface area contributed by atoms with E-state index < -0.39 is 37.9 Å². The molecule has 5 nitrogen and oxygen atoms in total. The van der Waals surface area contributed by atoms with Gasteiger partial charge in [-0.05, 0) is 30.9 Å². The number of carbonyl (C=O) groups is 1. The van der Waals surface area contributed by atoms with Crippen molar-refractivity contribution in [3.05, 3.63) is 29.3 Å². The van der Waals surface area contributed by atoms with E-state index in [1.165, 1.54) is 0 Å². The van der Waals surface area contributed by atoms with Crippen LogP contribution in [0.25, 0.3) is 0 Å². The Balaban J connectivity index is 2.36. The molecule has 1 fully saturated rings. The van der Waals surface area contributed by atoms with Crippen LogP contribution in [0.3, 0.4) is 0 Å². The van der Waals surface area contributed by atoms with Gasteiger partial charge in [-0.15, -0.1) is 0 Å². The van der Waals surface area contributed by atoms with E-state index in [1.807, 2.05) is 0 Å². The summed E-state index contributed by atoms with van der Waals surface area (Å²) in [5.41, 5.74) is -0.598. The number of aromatic carboxylic acids is 1. The highest BCUT2D eigenvalue weighted by atomic mass is 32.2. The van der Waals surface area contributed by atoms with Gasteiger partial charge in [0.1, 0.15) is 4.90 Å². The highest BCUT2D eigenvalue weighted by molar-refractivity contribution is 7.91. The first-order chi connectivity index (χ1) is 9.81. The molecule has 2 rings (SSSR count). The number of carboxylic acid groups (broad SMARTS) is 1. The van der Waals surface area contributed by atoms with Gasteiger partial charge in [-0.2, -0.15) is 0 Å². The Hall–Kier alpha value is -1.54. The molecule has 21 heavy (non-hydrogen) atoms. The maximum Gasteiger partial charge on any atom is 0.335 e. The molecule has 1 N–H and O–H groups in total. The van der Waals surface area contributed by atoms with Crippen LogP contribution in [0.15, 0.2) is 17.0 Å². The van der Waals surface area contributed by atoms with Crippen molar-refractivity contribution in [2.75, 3.05) is 19.0 Å². The lowest BCUT2D eigenvalue weighted by molar-refractivity contribution is 0.0695. The molecule has 0 spiro atoms. The number of sulfone groups is 1. The second-order valence-electron chi connectivity index (χ2n) is 4.91. The SMILES string of the molecule is O=C(O)c1cc(F)c(F)c(S(=O)(=O)CC2CCOCC2)c1. The predicted molar refractivity (Wildman–Crippen MR) is 68.9 cm³/mol. The van der Waals surface area contributed by atoms with E-state index in [1.54, 1.807) is 0 Å². The maximum absolute atomic E-state index is 13.7. The Morgan fingerprint density at radius 1 is 1.29 bits per heavy atom. The van der Waals surface area contributed by atoms with E-state index >= 15 is 0 Å². The lowest BCUT2D eigenvalue weighted by atomic mass is 10.0. The van der Waals surface area contributed by atoms with E-state index in [4.69, 9.17) is 9.84 Å². The predicted octanol–water partition coefficient (Wildman–Crippen LogP) is 1.86. The van der Waals surface area contributed by atoms with E-state index in [2.05, 4.69) is 0 Å². The number of hydrogen-bond donors (Lipinski definition) is 1. The monoisotopic (exact) mass is 320 g/mol. The minimum Gasteiger partial charge on any atom is -0.478 e. The van der Waals surface area contributed by atoms with Gasteiger partial charge < -0.3 is 9.84 Å². The molecule has 1 aliphatic rings. The van der Waals surface area contributed by atoms with Crippen LogP contribution in [-0.4, -0.2) is 38.5 Å². The van der Waals surface area contributed by atoms with Gasteiger partial charge in [0.25, 0.3) is 0 Å². The lowest BCUT2D eigenvalue weighted by Crippen LogP contribution is -2.24. The first kappa shape index (κ1) is 15.8. The van der Waals surface area contributed by atoms with Gasteiger partial charge in [0.2, 0.25) is 0 Å². The van der Waals surface area contributed by atoms with Crippen LogP contribution in [0.5, 0.6) is 0 Å². The average molecular weight is 320 g/mol. The molecule has 0 amide bonds. The third kappa shape index (κ3) is 3.56. The molecule has 0 aliphatic carbocycles. The van der Waals surface area contributed by atoms with E-state index in [9.17, 15) is 22.0 Å². The highest BCUT2D eigenvalue weighted by Gasteiger charge is 2.28. The first-order valence-corrected chi connectivity index (χ1v) is 7.99. The molecule has 8 heteroatoms. The molecule has 0 aromatic heterocycles. The van der Waals surface area contributed by atoms with Crippen LogP contribution in [-0.2, 0) is 14.6 Å². The summed E-state index contributed by atoms with van der Waals surface area (Å²) in [6.07, 6.45) is 1.03. The molecule has 1 aromatic carbocycles. The lowest BCUT2D eigenvalue weighted by Gasteiger charge is -2.21. The van der Waals surface area contributed by atoms with Gasteiger partial charge in [0.15, 0.2) is 21.5 Å². The molecule has 0 bridgehead atoms. The Morgan fingerprint density at radius 3 is 2.48 bits per heavy atom. The molecular weight excluding hydrogens is 306 g/mol. The highest BCUT2D eigenvalue weighted by Crippen LogP contribution is 2.25. The topological polar surface area (TPSA) is 80.7 Å². The smallest absolute Gasteiger partial charge is 0.335 e. The number of halogens is 2. The summed E-state index contributed by atoms with van der Waals surface area (Å²) >= 11 is 0. The number of benzene rings is 1. The summed E-state index contributed by atoms with van der Waals surface area (Å²) in [5, 5.41) is 8.81. The van der Waals surface area contributed by atoms with Crippen LogP contribution in [0.2, 0.25) is 0 Å². The Morgan fingerprint density at radius 2 is 1.90 bits per heavy atom. The molecular formula is C13H14F2O5S. The van der Waals surface area contributed by atoms with Crippen LogP contribution in [0.1, 0.15) is 23.2 Å². The number of carboxylic acids is 1. The van der Waals surface area contributed by atoms with Gasteiger partial charge in [-0.1, -0.05) is 0 Å².